The molecule has 1 saturated heterocycles. The molecule has 2 N–H and O–H groups in total. The number of fused-ring (bicyclic) bond motifs is 3. The van der Waals surface area contributed by atoms with E-state index in [-0.39, 0.29) is 17.7 Å². The molecule has 3 atom stereocenters. The number of likely N-dealkylation sites (tertiary alicyclic amines) is 1. The maximum atomic E-state index is 12.9. The molecular formula is C27H34N3O3+. The second-order valence-electron chi connectivity index (χ2n) is 9.96. The van der Waals surface area contributed by atoms with E-state index < -0.39 is 12.0 Å². The molecule has 0 aliphatic carbocycles. The van der Waals surface area contributed by atoms with Crippen LogP contribution >= 0.6 is 0 Å². The van der Waals surface area contributed by atoms with E-state index in [1.54, 1.807) is 6.92 Å². The fourth-order valence-electron chi connectivity index (χ4n) is 6.03. The van der Waals surface area contributed by atoms with Gasteiger partial charge < -0.3 is 10.4 Å². The first-order chi connectivity index (χ1) is 15.7. The van der Waals surface area contributed by atoms with Crippen molar-refractivity contribution in [2.75, 3.05) is 27.7 Å². The molecule has 2 aromatic carbocycles. The predicted octanol–water partition coefficient (Wildman–Crippen LogP) is 3.32. The number of carboxylic acids is 1. The summed E-state index contributed by atoms with van der Waals surface area (Å²) >= 11 is 0. The lowest BCUT2D eigenvalue weighted by molar-refractivity contribution is -0.141. The van der Waals surface area contributed by atoms with Gasteiger partial charge in [0.05, 0.1) is 19.5 Å². The van der Waals surface area contributed by atoms with Gasteiger partial charge in [-0.3, -0.25) is 14.2 Å². The maximum absolute atomic E-state index is 12.9. The van der Waals surface area contributed by atoms with Gasteiger partial charge in [-0.25, -0.2) is 4.79 Å². The highest BCUT2D eigenvalue weighted by Crippen LogP contribution is 2.55. The van der Waals surface area contributed by atoms with E-state index in [0.29, 0.717) is 11.7 Å². The van der Waals surface area contributed by atoms with Crippen molar-refractivity contribution in [1.29, 1.82) is 0 Å². The number of hydrogen-bond donors (Lipinski definition) is 2. The van der Waals surface area contributed by atoms with E-state index in [1.165, 1.54) is 11.3 Å². The van der Waals surface area contributed by atoms with Crippen LogP contribution in [0.2, 0.25) is 0 Å². The van der Waals surface area contributed by atoms with Crippen molar-refractivity contribution in [2.24, 2.45) is 0 Å². The quantitative estimate of drug-likeness (QED) is 0.504. The van der Waals surface area contributed by atoms with Crippen molar-refractivity contribution in [3.05, 3.63) is 77.4 Å². The Kier molecular flexibility index (Phi) is 6.16. The number of carboxylic acid groups (broad SMARTS) is 1. The molecule has 0 saturated carbocycles. The number of benzene rings is 2. The lowest BCUT2D eigenvalue weighted by Crippen LogP contribution is -2.57. The Morgan fingerprint density at radius 3 is 2.55 bits per heavy atom. The van der Waals surface area contributed by atoms with E-state index in [0.717, 1.165) is 29.4 Å². The molecule has 0 spiro atoms. The summed E-state index contributed by atoms with van der Waals surface area (Å²) in [5.74, 6) is -1.35. The summed E-state index contributed by atoms with van der Waals surface area (Å²) < 4.78 is 0.796. The molecule has 0 unspecified atom stereocenters. The molecule has 2 aliphatic rings. The zero-order valence-electron chi connectivity index (χ0n) is 19.9. The second kappa shape index (κ2) is 8.76. The Morgan fingerprint density at radius 2 is 1.85 bits per heavy atom. The zero-order valence-corrected chi connectivity index (χ0v) is 19.9. The van der Waals surface area contributed by atoms with Crippen molar-refractivity contribution in [1.82, 2.24) is 14.7 Å². The second-order valence-corrected chi connectivity index (χ2v) is 9.96. The highest BCUT2D eigenvalue weighted by molar-refractivity contribution is 5.95. The molecule has 0 aromatic heterocycles. The molecule has 174 valence electrons. The normalized spacial score (nSPS) is 24.7. The molecule has 2 aliphatic heterocycles. The molecule has 1 amide bonds. The van der Waals surface area contributed by atoms with E-state index in [2.05, 4.69) is 55.6 Å². The maximum Gasteiger partial charge on any atom is 0.326 e. The number of para-hydroxylation sites is 1. The average Bonchev–Trinajstić information content (AvgIpc) is 3.24. The number of rotatable bonds is 7. The lowest BCUT2D eigenvalue weighted by Gasteiger charge is -2.38. The van der Waals surface area contributed by atoms with Crippen LogP contribution in [0.15, 0.2) is 66.2 Å². The minimum atomic E-state index is -1.03. The van der Waals surface area contributed by atoms with Crippen LogP contribution in [0.5, 0.6) is 0 Å². The molecule has 1 fully saturated rings. The number of allylic oxidation sites excluding steroid dienone is 1. The highest BCUT2D eigenvalue weighted by atomic mass is 16.4. The summed E-state index contributed by atoms with van der Waals surface area (Å²) in [6.45, 7) is 2.79. The summed E-state index contributed by atoms with van der Waals surface area (Å²) in [6.07, 6.45) is 4.34. The fourth-order valence-corrected chi connectivity index (χ4v) is 6.03. The van der Waals surface area contributed by atoms with Gasteiger partial charge in [-0.2, -0.15) is 0 Å². The van der Waals surface area contributed by atoms with Gasteiger partial charge in [0.2, 0.25) is 5.91 Å². The number of carbonyl (C=O) groups is 2. The van der Waals surface area contributed by atoms with Crippen molar-refractivity contribution < 1.29 is 14.7 Å². The molecule has 2 heterocycles. The summed E-state index contributed by atoms with van der Waals surface area (Å²) in [4.78, 5) is 27.1. The summed E-state index contributed by atoms with van der Waals surface area (Å²) in [7, 11) is 6.71. The topological polar surface area (TPSA) is 69.6 Å². The summed E-state index contributed by atoms with van der Waals surface area (Å²) in [6, 6.07) is 17.1. The minimum absolute atomic E-state index is 0.0629. The lowest BCUT2D eigenvalue weighted by atomic mass is 9.76. The number of carbonyl (C=O) groups excluding carboxylic acids is 1. The Morgan fingerprint density at radius 1 is 1.18 bits per heavy atom. The first kappa shape index (κ1) is 23.2. The predicted molar refractivity (Wildman–Crippen MR) is 131 cm³/mol. The molecule has 0 radical (unpaired) electrons. The molecule has 33 heavy (non-hydrogen) atoms. The number of amides is 1. The van der Waals surface area contributed by atoms with Gasteiger partial charge in [-0.1, -0.05) is 54.6 Å². The van der Waals surface area contributed by atoms with E-state index >= 15 is 0 Å². The van der Waals surface area contributed by atoms with E-state index in [9.17, 15) is 14.7 Å². The molecule has 6 heteroatoms. The van der Waals surface area contributed by atoms with Crippen LogP contribution in [0.25, 0.3) is 0 Å². The molecule has 6 nitrogen and oxygen atoms in total. The van der Waals surface area contributed by atoms with Crippen LogP contribution in [-0.4, -0.2) is 61.8 Å². The Labute approximate surface area is 196 Å². The number of hydrogen-bond acceptors (Lipinski definition) is 3. The zero-order chi connectivity index (χ0) is 23.8. The third-order valence-corrected chi connectivity index (χ3v) is 7.51. The number of nitrogens with zero attached hydrogens (tertiary/aromatic N) is 2. The van der Waals surface area contributed by atoms with Gasteiger partial charge in [-0.15, -0.1) is 0 Å². The van der Waals surface area contributed by atoms with Crippen molar-refractivity contribution in [3.63, 3.8) is 0 Å². The van der Waals surface area contributed by atoms with Gasteiger partial charge in [-0.05, 0) is 38.4 Å². The Hall–Kier alpha value is -2.96. The largest absolute Gasteiger partial charge is 0.480 e. The van der Waals surface area contributed by atoms with Crippen LogP contribution in [0.3, 0.4) is 0 Å². The molecule has 4 rings (SSSR count). The minimum Gasteiger partial charge on any atom is -0.480 e. The average molecular weight is 449 g/mol. The van der Waals surface area contributed by atoms with Gasteiger partial charge in [0.25, 0.3) is 0 Å². The Bertz CT molecular complexity index is 1080. The van der Waals surface area contributed by atoms with Crippen LogP contribution in [0.4, 0.5) is 5.69 Å². The summed E-state index contributed by atoms with van der Waals surface area (Å²) in [5, 5.41) is 12.4. The number of quaternary nitrogens is 1. The Balaban J connectivity index is 1.54. The SMILES string of the molecule is C/C(=C\C[C@@]12CCN(C)[C@@H]1[N+](C)(C)c1ccccc12)C(=O)N[C@@H](Cc1ccccc1)C(=O)O. The van der Waals surface area contributed by atoms with E-state index in [4.69, 9.17) is 0 Å². The van der Waals surface area contributed by atoms with Gasteiger partial charge in [0, 0.05) is 24.1 Å². The number of likely N-dealkylation sites (N-methyl/N-ethyl adjacent to an activating group) is 2. The van der Waals surface area contributed by atoms with Gasteiger partial charge in [0.15, 0.2) is 6.17 Å². The van der Waals surface area contributed by atoms with Crippen LogP contribution < -0.4 is 9.80 Å². The van der Waals surface area contributed by atoms with Gasteiger partial charge in [0.1, 0.15) is 11.7 Å². The third kappa shape index (κ3) is 4.09. The molecule has 0 bridgehead atoms. The smallest absolute Gasteiger partial charge is 0.326 e. The van der Waals surface area contributed by atoms with E-state index in [1.807, 2.05) is 36.4 Å². The number of nitrogens with one attached hydrogen (secondary N) is 1. The van der Waals surface area contributed by atoms with Crippen LogP contribution in [-0.2, 0) is 21.4 Å². The number of aliphatic carboxylic acids is 1. The van der Waals surface area contributed by atoms with Gasteiger partial charge >= 0.3 is 5.97 Å². The van der Waals surface area contributed by atoms with Crippen molar-refractivity contribution in [2.45, 2.75) is 43.8 Å². The standard InChI is InChI=1S/C27H33N3O3/c1-19(24(31)28-22(25(32)33)18-20-10-6-5-7-11-20)14-15-27-16-17-29(2)26(27)30(3,4)23-13-9-8-12-21(23)27/h5-14,22,26H,15-18H2,1-4H3,(H-,28,31,32,33)/p+1/b19-14+/t22-,26+,27-/m0/s1. The van der Waals surface area contributed by atoms with Crippen molar-refractivity contribution in [3.8, 4) is 0 Å². The first-order valence-corrected chi connectivity index (χ1v) is 11.5. The third-order valence-electron chi connectivity index (χ3n) is 7.51. The van der Waals surface area contributed by atoms with Crippen molar-refractivity contribution >= 4 is 17.6 Å². The first-order valence-electron chi connectivity index (χ1n) is 11.5. The monoisotopic (exact) mass is 448 g/mol. The molecule has 2 aromatic rings. The van der Waals surface area contributed by atoms with Crippen LogP contribution in [0.1, 0.15) is 30.9 Å². The fraction of sp³-hybridized carbons (Fsp3) is 0.407. The van der Waals surface area contributed by atoms with Crippen LogP contribution in [0, 0.1) is 0 Å². The summed E-state index contributed by atoms with van der Waals surface area (Å²) in [5.41, 5.74) is 4.07. The highest BCUT2D eigenvalue weighted by Gasteiger charge is 2.62. The molecular weight excluding hydrogens is 414 g/mol.